The van der Waals surface area contributed by atoms with Gasteiger partial charge < -0.3 is 18.9 Å². The molecule has 0 fully saturated rings. The van der Waals surface area contributed by atoms with Gasteiger partial charge in [0.25, 0.3) is 0 Å². The van der Waals surface area contributed by atoms with Crippen LogP contribution in [-0.2, 0) is 4.74 Å². The first-order valence-electron chi connectivity index (χ1n) is 16.8. The number of rotatable bonds is 20. The minimum absolute atomic E-state index is 0.000327. The maximum atomic E-state index is 14.8. The van der Waals surface area contributed by atoms with Crippen LogP contribution in [0.5, 0.6) is 17.2 Å². The second-order valence-corrected chi connectivity index (χ2v) is 11.7. The van der Waals surface area contributed by atoms with E-state index in [2.05, 4.69) is 13.8 Å². The average Bonchev–Trinajstić information content (AvgIpc) is 3.06. The lowest BCUT2D eigenvalue weighted by Gasteiger charge is -2.13. The van der Waals surface area contributed by atoms with Gasteiger partial charge in [0.15, 0.2) is 34.7 Å². The largest absolute Gasteiger partial charge is 0.491 e. The van der Waals surface area contributed by atoms with Crippen molar-refractivity contribution in [2.75, 3.05) is 6.61 Å². The Morgan fingerprint density at radius 2 is 0.979 bits per heavy atom. The van der Waals surface area contributed by atoms with E-state index in [0.717, 1.165) is 81.3 Å². The molecule has 0 aromatic heterocycles. The SMILES string of the molecule is CCCCCCCCCOc1ccc(C(=O)Oc2ccc(C(=O)Oc3ccc(C(=O)OC(C)CCCCCC)cc3F)cc2F)cc1F. The number of carbonyl (C=O) groups is 3. The van der Waals surface area contributed by atoms with Gasteiger partial charge in [0.1, 0.15) is 0 Å². The van der Waals surface area contributed by atoms with E-state index in [-0.39, 0.29) is 28.5 Å². The molecule has 0 aliphatic rings. The fraction of sp³-hybridized carbons (Fsp3) is 0.447. The normalized spacial score (nSPS) is 11.5. The molecule has 10 heteroatoms. The third kappa shape index (κ3) is 12.4. The highest BCUT2D eigenvalue weighted by Gasteiger charge is 2.20. The topological polar surface area (TPSA) is 88.1 Å². The molecule has 1 unspecified atom stereocenters. The first kappa shape index (κ1) is 38.1. The molecule has 0 spiro atoms. The number of unbranched alkanes of at least 4 members (excludes halogenated alkanes) is 9. The van der Waals surface area contributed by atoms with Crippen LogP contribution in [0.15, 0.2) is 54.6 Å². The zero-order valence-electron chi connectivity index (χ0n) is 28.0. The predicted octanol–water partition coefficient (Wildman–Crippen LogP) is 10.2. The zero-order valence-corrected chi connectivity index (χ0v) is 28.0. The average molecular weight is 671 g/mol. The van der Waals surface area contributed by atoms with Crippen molar-refractivity contribution in [3.05, 3.63) is 88.7 Å². The van der Waals surface area contributed by atoms with E-state index in [9.17, 15) is 27.6 Å². The van der Waals surface area contributed by atoms with Gasteiger partial charge in [0, 0.05) is 0 Å². The number of hydrogen-bond acceptors (Lipinski definition) is 7. The van der Waals surface area contributed by atoms with Crippen LogP contribution in [0.3, 0.4) is 0 Å². The van der Waals surface area contributed by atoms with E-state index >= 15 is 0 Å². The number of benzene rings is 3. The van der Waals surface area contributed by atoms with Crippen molar-refractivity contribution >= 4 is 17.9 Å². The molecule has 3 aromatic carbocycles. The fourth-order valence-corrected chi connectivity index (χ4v) is 4.89. The van der Waals surface area contributed by atoms with Gasteiger partial charge in [-0.3, -0.25) is 0 Å². The Kier molecular flexibility index (Phi) is 16.0. The van der Waals surface area contributed by atoms with Crippen molar-refractivity contribution in [3.8, 4) is 17.2 Å². The Morgan fingerprint density at radius 1 is 0.562 bits per heavy atom. The predicted molar refractivity (Wildman–Crippen MR) is 176 cm³/mol. The van der Waals surface area contributed by atoms with Crippen molar-refractivity contribution in [1.82, 2.24) is 0 Å². The van der Waals surface area contributed by atoms with Gasteiger partial charge in [0.05, 0.1) is 29.4 Å². The Morgan fingerprint density at radius 3 is 1.46 bits per heavy atom. The van der Waals surface area contributed by atoms with Crippen LogP contribution in [0, 0.1) is 17.5 Å². The molecule has 0 saturated carbocycles. The third-order valence-electron chi connectivity index (χ3n) is 7.69. The Labute approximate surface area is 280 Å². The van der Waals surface area contributed by atoms with Crippen LogP contribution in [0.25, 0.3) is 0 Å². The van der Waals surface area contributed by atoms with Crippen LogP contribution in [0.4, 0.5) is 13.2 Å². The van der Waals surface area contributed by atoms with Gasteiger partial charge in [0.2, 0.25) is 0 Å². The molecular weight excluding hydrogens is 625 g/mol. The minimum atomic E-state index is -1.09. The third-order valence-corrected chi connectivity index (χ3v) is 7.69. The van der Waals surface area contributed by atoms with Gasteiger partial charge in [-0.15, -0.1) is 0 Å². The summed E-state index contributed by atoms with van der Waals surface area (Å²) in [5.41, 5.74) is -0.501. The lowest BCUT2D eigenvalue weighted by atomic mass is 10.1. The monoisotopic (exact) mass is 670 g/mol. The number of carbonyl (C=O) groups excluding carboxylic acids is 3. The van der Waals surface area contributed by atoms with Crippen molar-refractivity contribution in [2.24, 2.45) is 0 Å². The lowest BCUT2D eigenvalue weighted by molar-refractivity contribution is 0.0318. The number of hydrogen-bond donors (Lipinski definition) is 0. The Balaban J connectivity index is 1.51. The zero-order chi connectivity index (χ0) is 34.9. The molecule has 260 valence electrons. The summed E-state index contributed by atoms with van der Waals surface area (Å²) in [5, 5.41) is 0. The highest BCUT2D eigenvalue weighted by molar-refractivity contribution is 5.93. The first-order chi connectivity index (χ1) is 23.1. The van der Waals surface area contributed by atoms with Gasteiger partial charge in [-0.1, -0.05) is 71.6 Å². The summed E-state index contributed by atoms with van der Waals surface area (Å²) in [6.45, 7) is 6.39. The first-order valence-corrected chi connectivity index (χ1v) is 16.8. The van der Waals surface area contributed by atoms with E-state index in [1.165, 1.54) is 43.9 Å². The summed E-state index contributed by atoms with van der Waals surface area (Å²) < 4.78 is 65.1. The molecule has 0 aliphatic carbocycles. The van der Waals surface area contributed by atoms with Gasteiger partial charge >= 0.3 is 17.9 Å². The second-order valence-electron chi connectivity index (χ2n) is 11.7. The molecule has 0 bridgehead atoms. The van der Waals surface area contributed by atoms with Crippen LogP contribution in [0.1, 0.15) is 129 Å². The Bertz CT molecular complexity index is 1510. The van der Waals surface area contributed by atoms with E-state index in [4.69, 9.17) is 18.9 Å². The molecule has 0 N–H and O–H groups in total. The standard InChI is InChI=1S/C38H45F3O7/c1-4-6-8-10-11-12-14-22-45-33-19-16-28(23-30(33)39)37(43)47-35-21-18-29(25-32(35)41)38(44)48-34-20-17-27(24-31(34)40)36(42)46-26(3)15-13-9-7-5-2/h16-21,23-26H,4-15,22H2,1-3H3. The van der Waals surface area contributed by atoms with Crippen LogP contribution in [0.2, 0.25) is 0 Å². The molecule has 1 atom stereocenters. The molecule has 0 saturated heterocycles. The smallest absolute Gasteiger partial charge is 0.343 e. The van der Waals surface area contributed by atoms with Gasteiger partial charge in [-0.25, -0.2) is 27.6 Å². The van der Waals surface area contributed by atoms with Crippen molar-refractivity contribution < 1.29 is 46.5 Å². The number of esters is 3. The highest BCUT2D eigenvalue weighted by atomic mass is 19.1. The van der Waals surface area contributed by atoms with Crippen molar-refractivity contribution in [3.63, 3.8) is 0 Å². The van der Waals surface area contributed by atoms with E-state index in [1.54, 1.807) is 6.92 Å². The molecular formula is C38H45F3O7. The maximum Gasteiger partial charge on any atom is 0.343 e. The van der Waals surface area contributed by atoms with Gasteiger partial charge in [-0.2, -0.15) is 0 Å². The molecule has 0 radical (unpaired) electrons. The summed E-state index contributed by atoms with van der Waals surface area (Å²) >= 11 is 0. The quantitative estimate of drug-likeness (QED) is 0.0672. The molecule has 3 rings (SSSR count). The minimum Gasteiger partial charge on any atom is -0.491 e. The van der Waals surface area contributed by atoms with Crippen LogP contribution >= 0.6 is 0 Å². The van der Waals surface area contributed by atoms with Crippen LogP contribution < -0.4 is 14.2 Å². The van der Waals surface area contributed by atoms with Crippen LogP contribution in [-0.4, -0.2) is 30.6 Å². The van der Waals surface area contributed by atoms with E-state index in [0.29, 0.717) is 13.0 Å². The lowest BCUT2D eigenvalue weighted by Crippen LogP contribution is -2.16. The molecule has 0 amide bonds. The van der Waals surface area contributed by atoms with Crippen molar-refractivity contribution in [2.45, 2.75) is 104 Å². The molecule has 0 aliphatic heterocycles. The number of halogens is 3. The molecule has 48 heavy (non-hydrogen) atoms. The summed E-state index contributed by atoms with van der Waals surface area (Å²) in [7, 11) is 0. The summed E-state index contributed by atoms with van der Waals surface area (Å²) in [5.74, 6) is -6.61. The van der Waals surface area contributed by atoms with Crippen molar-refractivity contribution in [1.29, 1.82) is 0 Å². The maximum absolute atomic E-state index is 14.8. The second kappa shape index (κ2) is 20.1. The van der Waals surface area contributed by atoms with E-state index < -0.39 is 46.9 Å². The molecule has 0 heterocycles. The van der Waals surface area contributed by atoms with E-state index in [1.807, 2.05) is 0 Å². The summed E-state index contributed by atoms with van der Waals surface area (Å²) in [4.78, 5) is 37.6. The Hall–Kier alpha value is -4.34. The number of ether oxygens (including phenoxy) is 4. The van der Waals surface area contributed by atoms with Gasteiger partial charge in [-0.05, 0) is 80.8 Å². The molecule has 7 nitrogen and oxygen atoms in total. The molecule has 3 aromatic rings. The summed E-state index contributed by atoms with van der Waals surface area (Å²) in [6.07, 6.45) is 12.2. The fourth-order valence-electron chi connectivity index (χ4n) is 4.89. The highest BCUT2D eigenvalue weighted by Crippen LogP contribution is 2.25. The summed E-state index contributed by atoms with van der Waals surface area (Å²) in [6, 6.07) is 9.75.